The van der Waals surface area contributed by atoms with Gasteiger partial charge in [-0.1, -0.05) is 66.7 Å². The van der Waals surface area contributed by atoms with E-state index in [0.29, 0.717) is 17.8 Å². The fraction of sp³-hybridized carbons (Fsp3) is 0.138. The van der Waals surface area contributed by atoms with Gasteiger partial charge < -0.3 is 4.90 Å². The van der Waals surface area contributed by atoms with E-state index >= 15 is 0 Å². The van der Waals surface area contributed by atoms with Crippen molar-refractivity contribution < 1.29 is 13.2 Å². The van der Waals surface area contributed by atoms with E-state index in [4.69, 9.17) is 0 Å². The van der Waals surface area contributed by atoms with Crippen molar-refractivity contribution in [2.45, 2.75) is 24.3 Å². The number of carbonyl (C=O) groups is 1. The minimum Gasteiger partial charge on any atom is -0.308 e. The number of fused-ring (bicyclic) bond motifs is 1. The van der Waals surface area contributed by atoms with E-state index in [2.05, 4.69) is 6.07 Å². The van der Waals surface area contributed by atoms with Gasteiger partial charge in [0.2, 0.25) is 0 Å². The molecule has 0 aromatic heterocycles. The molecule has 0 saturated heterocycles. The second kappa shape index (κ2) is 9.76. The Balaban J connectivity index is 1.42. The van der Waals surface area contributed by atoms with Gasteiger partial charge in [-0.05, 0) is 66.4 Å². The summed E-state index contributed by atoms with van der Waals surface area (Å²) in [5.41, 5.74) is 4.12. The first-order valence-electron chi connectivity index (χ1n) is 11.7. The fourth-order valence-corrected chi connectivity index (χ4v) is 5.92. The van der Waals surface area contributed by atoms with Crippen LogP contribution in [0.5, 0.6) is 0 Å². The fourth-order valence-electron chi connectivity index (χ4n) is 4.45. The zero-order chi connectivity index (χ0) is 24.3. The van der Waals surface area contributed by atoms with Gasteiger partial charge in [0.1, 0.15) is 0 Å². The topological polar surface area (TPSA) is 57.7 Å². The van der Waals surface area contributed by atoms with E-state index in [1.54, 1.807) is 54.6 Å². The zero-order valence-electron chi connectivity index (χ0n) is 19.2. The summed E-state index contributed by atoms with van der Waals surface area (Å²) in [6.07, 6.45) is 1.91. The van der Waals surface area contributed by atoms with Crippen molar-refractivity contribution >= 4 is 27.3 Å². The molecule has 0 saturated carbocycles. The summed E-state index contributed by atoms with van der Waals surface area (Å²) >= 11 is 0. The molecule has 1 heterocycles. The molecule has 0 aliphatic carbocycles. The maximum Gasteiger partial charge on any atom is 0.264 e. The number of hydrogen-bond donors (Lipinski definition) is 0. The largest absolute Gasteiger partial charge is 0.308 e. The third-order valence-corrected chi connectivity index (χ3v) is 8.05. The van der Waals surface area contributed by atoms with Crippen LogP contribution in [0, 0.1) is 0 Å². The first-order valence-corrected chi connectivity index (χ1v) is 13.1. The zero-order valence-corrected chi connectivity index (χ0v) is 20.1. The van der Waals surface area contributed by atoms with Crippen molar-refractivity contribution in [3.63, 3.8) is 0 Å². The van der Waals surface area contributed by atoms with Crippen LogP contribution in [0.15, 0.2) is 114 Å². The van der Waals surface area contributed by atoms with E-state index in [-0.39, 0.29) is 17.3 Å². The van der Waals surface area contributed by atoms with Crippen LogP contribution in [-0.4, -0.2) is 20.9 Å². The lowest BCUT2D eigenvalue weighted by Crippen LogP contribution is -2.35. The standard InChI is InChI=1S/C29H26N2O3S/c32-29(30-21-9-11-24-10-7-8-16-28(24)30)25-19-17-23(18-20-25)22-31(26-12-3-1-4-13-26)35(33,34)27-14-5-2-6-15-27/h1-8,10,12-20H,9,11,21-22H2. The van der Waals surface area contributed by atoms with Crippen molar-refractivity contribution in [3.8, 4) is 0 Å². The normalized spacial score (nSPS) is 13.2. The molecule has 4 aromatic rings. The average molecular weight is 483 g/mol. The van der Waals surface area contributed by atoms with Crippen LogP contribution in [-0.2, 0) is 23.0 Å². The summed E-state index contributed by atoms with van der Waals surface area (Å²) in [5, 5.41) is 0. The number of anilines is 2. The molecular weight excluding hydrogens is 456 g/mol. The minimum atomic E-state index is -3.77. The Morgan fingerprint density at radius 2 is 1.40 bits per heavy atom. The molecular formula is C29H26N2O3S. The summed E-state index contributed by atoms with van der Waals surface area (Å²) in [4.78, 5) is 15.4. The van der Waals surface area contributed by atoms with Gasteiger partial charge in [-0.15, -0.1) is 0 Å². The number of aryl methyl sites for hydroxylation is 1. The van der Waals surface area contributed by atoms with E-state index in [1.807, 2.05) is 53.4 Å². The lowest BCUT2D eigenvalue weighted by atomic mass is 10.0. The SMILES string of the molecule is O=C(c1ccc(CN(c2ccccc2)S(=O)(=O)c2ccccc2)cc1)N1CCCc2ccccc21. The number of amides is 1. The number of carbonyl (C=O) groups excluding carboxylic acids is 1. The molecule has 0 atom stereocenters. The number of para-hydroxylation sites is 2. The highest BCUT2D eigenvalue weighted by Gasteiger charge is 2.26. The number of sulfonamides is 1. The van der Waals surface area contributed by atoms with Gasteiger partial charge in [0.25, 0.3) is 15.9 Å². The molecule has 4 aromatic carbocycles. The third-order valence-electron chi connectivity index (χ3n) is 6.26. The van der Waals surface area contributed by atoms with Crippen molar-refractivity contribution in [2.24, 2.45) is 0 Å². The molecule has 1 aliphatic heterocycles. The van der Waals surface area contributed by atoms with E-state index in [0.717, 1.165) is 24.1 Å². The molecule has 0 unspecified atom stereocenters. The van der Waals surface area contributed by atoms with Crippen LogP contribution in [0.1, 0.15) is 27.9 Å². The molecule has 5 rings (SSSR count). The van der Waals surface area contributed by atoms with Crippen LogP contribution in [0.4, 0.5) is 11.4 Å². The quantitative estimate of drug-likeness (QED) is 0.356. The first kappa shape index (κ1) is 22.9. The summed E-state index contributed by atoms with van der Waals surface area (Å²) in [6, 6.07) is 32.8. The highest BCUT2D eigenvalue weighted by Crippen LogP contribution is 2.29. The summed E-state index contributed by atoms with van der Waals surface area (Å²) in [6.45, 7) is 0.844. The highest BCUT2D eigenvalue weighted by atomic mass is 32.2. The monoisotopic (exact) mass is 482 g/mol. The number of nitrogens with zero attached hydrogens (tertiary/aromatic N) is 2. The molecule has 0 fully saturated rings. The summed E-state index contributed by atoms with van der Waals surface area (Å²) < 4.78 is 28.4. The Hall–Kier alpha value is -3.90. The van der Waals surface area contributed by atoms with Crippen LogP contribution in [0.2, 0.25) is 0 Å². The minimum absolute atomic E-state index is 0.0412. The second-order valence-electron chi connectivity index (χ2n) is 8.55. The molecule has 176 valence electrons. The van der Waals surface area contributed by atoms with Gasteiger partial charge in [-0.2, -0.15) is 0 Å². The van der Waals surface area contributed by atoms with Gasteiger partial charge >= 0.3 is 0 Å². The molecule has 1 aliphatic rings. The van der Waals surface area contributed by atoms with Crippen LogP contribution >= 0.6 is 0 Å². The second-order valence-corrected chi connectivity index (χ2v) is 10.4. The maximum atomic E-state index is 13.5. The van der Waals surface area contributed by atoms with Gasteiger partial charge in [-0.3, -0.25) is 9.10 Å². The predicted octanol–water partition coefficient (Wildman–Crippen LogP) is 5.68. The van der Waals surface area contributed by atoms with Crippen molar-refractivity contribution in [2.75, 3.05) is 15.7 Å². The number of rotatable bonds is 6. The predicted molar refractivity (Wildman–Crippen MR) is 139 cm³/mol. The highest BCUT2D eigenvalue weighted by molar-refractivity contribution is 7.92. The molecule has 5 nitrogen and oxygen atoms in total. The molecule has 0 spiro atoms. The number of hydrogen-bond acceptors (Lipinski definition) is 3. The van der Waals surface area contributed by atoms with Crippen molar-refractivity contribution in [1.82, 2.24) is 0 Å². The third kappa shape index (κ3) is 4.70. The van der Waals surface area contributed by atoms with E-state index in [1.165, 1.54) is 9.87 Å². The van der Waals surface area contributed by atoms with Gasteiger partial charge in [0.05, 0.1) is 17.1 Å². The summed E-state index contributed by atoms with van der Waals surface area (Å²) in [5.74, 6) is -0.0412. The Morgan fingerprint density at radius 3 is 2.11 bits per heavy atom. The van der Waals surface area contributed by atoms with Gasteiger partial charge in [0, 0.05) is 17.8 Å². The Bertz CT molecular complexity index is 1420. The van der Waals surface area contributed by atoms with Gasteiger partial charge in [0.15, 0.2) is 0 Å². The lowest BCUT2D eigenvalue weighted by Gasteiger charge is -2.29. The molecule has 0 bridgehead atoms. The average Bonchev–Trinajstić information content (AvgIpc) is 2.92. The Morgan fingerprint density at radius 1 is 0.771 bits per heavy atom. The van der Waals surface area contributed by atoms with Crippen LogP contribution < -0.4 is 9.21 Å². The molecule has 6 heteroatoms. The van der Waals surface area contributed by atoms with E-state index < -0.39 is 10.0 Å². The number of benzene rings is 4. The lowest BCUT2D eigenvalue weighted by molar-refractivity contribution is 0.0985. The summed E-state index contributed by atoms with van der Waals surface area (Å²) in [7, 11) is -3.77. The Kier molecular flexibility index (Phi) is 6.38. The van der Waals surface area contributed by atoms with Crippen molar-refractivity contribution in [1.29, 1.82) is 0 Å². The van der Waals surface area contributed by atoms with E-state index in [9.17, 15) is 13.2 Å². The Labute approximate surface area is 206 Å². The van der Waals surface area contributed by atoms with Crippen LogP contribution in [0.25, 0.3) is 0 Å². The molecule has 0 N–H and O–H groups in total. The van der Waals surface area contributed by atoms with Crippen LogP contribution in [0.3, 0.4) is 0 Å². The van der Waals surface area contributed by atoms with Crippen molar-refractivity contribution in [3.05, 3.63) is 126 Å². The maximum absolute atomic E-state index is 13.5. The molecule has 35 heavy (non-hydrogen) atoms. The molecule has 0 radical (unpaired) electrons. The first-order chi connectivity index (χ1) is 17.0. The molecule has 1 amide bonds. The van der Waals surface area contributed by atoms with Gasteiger partial charge in [-0.25, -0.2) is 8.42 Å². The smallest absolute Gasteiger partial charge is 0.264 e.